The molecule has 2 aromatic carbocycles. The van der Waals surface area contributed by atoms with Crippen LogP contribution in [0.5, 0.6) is 11.5 Å². The van der Waals surface area contributed by atoms with Gasteiger partial charge in [0.1, 0.15) is 11.5 Å². The zero-order valence-corrected chi connectivity index (χ0v) is 11.6. The van der Waals surface area contributed by atoms with E-state index in [2.05, 4.69) is 25.8 Å². The topological polar surface area (TPSA) is 57.5 Å². The standard InChI is InChI=1S/C15H14O3S/c1-6-7(2)14(18)12-9(4)15(19)10(5-16)8(3)11(12)13(6)17/h5,17-19H,3-4H2,1-2H3. The average Bonchev–Trinajstić information content (AvgIpc) is 2.38. The number of thiol groups is 1. The number of phenolic OH excluding ortho intramolecular Hbond substituents is 2. The van der Waals surface area contributed by atoms with Gasteiger partial charge >= 0.3 is 0 Å². The zero-order valence-electron chi connectivity index (χ0n) is 10.7. The predicted molar refractivity (Wildman–Crippen MR) is 79.7 cm³/mol. The molecule has 0 unspecified atom stereocenters. The highest BCUT2D eigenvalue weighted by Crippen LogP contribution is 2.36. The fourth-order valence-electron chi connectivity index (χ4n) is 2.24. The molecule has 0 bridgehead atoms. The number of carbonyl (C=O) groups is 1. The van der Waals surface area contributed by atoms with Gasteiger partial charge in [-0.3, -0.25) is 4.79 Å². The highest BCUT2D eigenvalue weighted by atomic mass is 32.1. The maximum Gasteiger partial charge on any atom is 0.151 e. The lowest BCUT2D eigenvalue weighted by molar-refractivity contribution is 0.112. The van der Waals surface area contributed by atoms with E-state index in [-0.39, 0.29) is 17.1 Å². The van der Waals surface area contributed by atoms with Crippen molar-refractivity contribution >= 4 is 42.8 Å². The molecule has 0 aliphatic rings. The van der Waals surface area contributed by atoms with Gasteiger partial charge in [-0.15, -0.1) is 12.6 Å². The highest BCUT2D eigenvalue weighted by molar-refractivity contribution is 7.80. The molecule has 4 heteroatoms. The van der Waals surface area contributed by atoms with Crippen molar-refractivity contribution in [3.63, 3.8) is 0 Å². The SMILES string of the molecule is C=c1c(S)c(C=O)c(=C)c2c(O)c(C)c(C)c(O)c12. The Labute approximate surface area is 115 Å². The number of aldehydes is 1. The van der Waals surface area contributed by atoms with Crippen molar-refractivity contribution in [3.8, 4) is 11.5 Å². The van der Waals surface area contributed by atoms with Crippen molar-refractivity contribution in [2.45, 2.75) is 18.7 Å². The van der Waals surface area contributed by atoms with Crippen LogP contribution in [0.15, 0.2) is 4.90 Å². The second-order valence-electron chi connectivity index (χ2n) is 4.53. The first-order valence-electron chi connectivity index (χ1n) is 5.65. The van der Waals surface area contributed by atoms with E-state index < -0.39 is 0 Å². The van der Waals surface area contributed by atoms with Crippen LogP contribution in [-0.2, 0) is 0 Å². The van der Waals surface area contributed by atoms with Crippen molar-refractivity contribution in [3.05, 3.63) is 27.1 Å². The van der Waals surface area contributed by atoms with E-state index in [4.69, 9.17) is 0 Å². The molecule has 0 aliphatic carbocycles. The van der Waals surface area contributed by atoms with Gasteiger partial charge in [-0.25, -0.2) is 0 Å². The summed E-state index contributed by atoms with van der Waals surface area (Å²) in [4.78, 5) is 11.5. The molecule has 2 aromatic rings. The monoisotopic (exact) mass is 274 g/mol. The average molecular weight is 274 g/mol. The number of hydrogen-bond donors (Lipinski definition) is 3. The molecule has 0 aromatic heterocycles. The lowest BCUT2D eigenvalue weighted by atomic mass is 9.95. The van der Waals surface area contributed by atoms with E-state index >= 15 is 0 Å². The highest BCUT2D eigenvalue weighted by Gasteiger charge is 2.18. The Morgan fingerprint density at radius 3 is 1.84 bits per heavy atom. The predicted octanol–water partition coefficient (Wildman–Crippen LogP) is 1.79. The van der Waals surface area contributed by atoms with Gasteiger partial charge in [0, 0.05) is 21.2 Å². The van der Waals surface area contributed by atoms with Gasteiger partial charge in [-0.1, -0.05) is 13.2 Å². The fraction of sp³-hybridized carbons (Fsp3) is 0.133. The van der Waals surface area contributed by atoms with Crippen LogP contribution in [0.4, 0.5) is 0 Å². The van der Waals surface area contributed by atoms with Crippen LogP contribution < -0.4 is 10.4 Å². The first-order valence-corrected chi connectivity index (χ1v) is 6.10. The van der Waals surface area contributed by atoms with Gasteiger partial charge in [0.05, 0.1) is 0 Å². The lowest BCUT2D eigenvalue weighted by Crippen LogP contribution is -2.19. The molecule has 2 rings (SSSR count). The van der Waals surface area contributed by atoms with Gasteiger partial charge < -0.3 is 10.2 Å². The van der Waals surface area contributed by atoms with Crippen LogP contribution >= 0.6 is 12.6 Å². The number of rotatable bonds is 1. The number of phenols is 2. The summed E-state index contributed by atoms with van der Waals surface area (Å²) in [6.45, 7) is 11.1. The molecule has 0 spiro atoms. The van der Waals surface area contributed by atoms with Gasteiger partial charge in [0.15, 0.2) is 6.29 Å². The smallest absolute Gasteiger partial charge is 0.151 e. The molecule has 0 heterocycles. The molecule has 0 saturated heterocycles. The van der Waals surface area contributed by atoms with Crippen molar-refractivity contribution < 1.29 is 15.0 Å². The van der Waals surface area contributed by atoms with Crippen LogP contribution in [0.25, 0.3) is 23.9 Å². The molecular weight excluding hydrogens is 260 g/mol. The first kappa shape index (κ1) is 13.5. The second kappa shape index (κ2) is 4.31. The van der Waals surface area contributed by atoms with Crippen LogP contribution in [-0.4, -0.2) is 16.5 Å². The van der Waals surface area contributed by atoms with Crippen LogP contribution in [0, 0.1) is 13.8 Å². The minimum atomic E-state index is 0.0108. The van der Waals surface area contributed by atoms with E-state index in [1.165, 1.54) is 0 Å². The molecule has 2 N–H and O–H groups in total. The van der Waals surface area contributed by atoms with Crippen molar-refractivity contribution in [2.24, 2.45) is 0 Å². The van der Waals surface area contributed by atoms with Crippen molar-refractivity contribution in [2.75, 3.05) is 0 Å². The van der Waals surface area contributed by atoms with E-state index in [0.717, 1.165) is 0 Å². The Morgan fingerprint density at radius 2 is 1.42 bits per heavy atom. The summed E-state index contributed by atoms with van der Waals surface area (Å²) in [7, 11) is 0. The van der Waals surface area contributed by atoms with Gasteiger partial charge in [0.25, 0.3) is 0 Å². The third kappa shape index (κ3) is 1.64. The van der Waals surface area contributed by atoms with Crippen LogP contribution in [0.3, 0.4) is 0 Å². The molecular formula is C15H14O3S. The summed E-state index contributed by atoms with van der Waals surface area (Å²) >= 11 is 4.25. The molecule has 0 saturated carbocycles. The largest absolute Gasteiger partial charge is 0.507 e. The molecule has 0 radical (unpaired) electrons. The number of benzene rings is 2. The minimum absolute atomic E-state index is 0.0108. The molecule has 0 fully saturated rings. The van der Waals surface area contributed by atoms with Crippen molar-refractivity contribution in [1.82, 2.24) is 0 Å². The summed E-state index contributed by atoms with van der Waals surface area (Å²) in [5.74, 6) is 0.0459. The summed E-state index contributed by atoms with van der Waals surface area (Å²) in [6, 6.07) is 0. The second-order valence-corrected chi connectivity index (χ2v) is 4.98. The number of fused-ring (bicyclic) bond motifs is 1. The van der Waals surface area contributed by atoms with E-state index in [9.17, 15) is 15.0 Å². The summed E-state index contributed by atoms with van der Waals surface area (Å²) in [6.07, 6.45) is 0.629. The number of aromatic hydroxyl groups is 2. The van der Waals surface area contributed by atoms with Gasteiger partial charge in [-0.05, 0) is 35.4 Å². The van der Waals surface area contributed by atoms with Crippen LogP contribution in [0.2, 0.25) is 0 Å². The lowest BCUT2D eigenvalue weighted by Gasteiger charge is -2.14. The number of hydrogen-bond acceptors (Lipinski definition) is 4. The molecule has 3 nitrogen and oxygen atoms in total. The Bertz CT molecular complexity index is 822. The molecule has 0 amide bonds. The Hall–Kier alpha value is -1.94. The third-order valence-electron chi connectivity index (χ3n) is 3.58. The molecule has 98 valence electrons. The zero-order chi connectivity index (χ0) is 14.5. The van der Waals surface area contributed by atoms with Crippen LogP contribution in [0.1, 0.15) is 21.5 Å². The van der Waals surface area contributed by atoms with E-state index in [0.29, 0.717) is 43.5 Å². The molecule has 0 atom stereocenters. The fourth-order valence-corrected chi connectivity index (χ4v) is 2.54. The minimum Gasteiger partial charge on any atom is -0.507 e. The Balaban J connectivity index is 3.33. The van der Waals surface area contributed by atoms with Crippen molar-refractivity contribution in [1.29, 1.82) is 0 Å². The first-order chi connectivity index (χ1) is 8.82. The van der Waals surface area contributed by atoms with Gasteiger partial charge in [-0.2, -0.15) is 0 Å². The van der Waals surface area contributed by atoms with E-state index in [1.807, 2.05) is 0 Å². The molecule has 0 aliphatic heterocycles. The Kier molecular flexibility index (Phi) is 3.06. The maximum absolute atomic E-state index is 11.1. The number of carbonyl (C=O) groups excluding carboxylic acids is 1. The normalized spacial score (nSPS) is 10.9. The Morgan fingerprint density at radius 1 is 1.00 bits per heavy atom. The summed E-state index contributed by atoms with van der Waals surface area (Å²) in [5, 5.41) is 22.0. The summed E-state index contributed by atoms with van der Waals surface area (Å²) in [5.41, 5.74) is 1.40. The van der Waals surface area contributed by atoms with Gasteiger partial charge in [0.2, 0.25) is 0 Å². The van der Waals surface area contributed by atoms with E-state index in [1.54, 1.807) is 13.8 Å². The molecule has 19 heavy (non-hydrogen) atoms. The summed E-state index contributed by atoms with van der Waals surface area (Å²) < 4.78 is 0. The third-order valence-corrected chi connectivity index (χ3v) is 4.09. The maximum atomic E-state index is 11.1. The quantitative estimate of drug-likeness (QED) is 0.422.